The molecule has 1 unspecified atom stereocenters. The van der Waals surface area contributed by atoms with Gasteiger partial charge in [-0.3, -0.25) is 4.79 Å². The molecule has 0 spiro atoms. The first-order chi connectivity index (χ1) is 11.3. The van der Waals surface area contributed by atoms with Crippen LogP contribution in [0.4, 0.5) is 18.9 Å². The van der Waals surface area contributed by atoms with Gasteiger partial charge in [0.2, 0.25) is 5.91 Å². The van der Waals surface area contributed by atoms with Gasteiger partial charge in [-0.05, 0) is 37.3 Å². The summed E-state index contributed by atoms with van der Waals surface area (Å²) in [6.07, 6.45) is -3.53. The van der Waals surface area contributed by atoms with Crippen molar-refractivity contribution in [1.29, 1.82) is 0 Å². The van der Waals surface area contributed by atoms with E-state index < -0.39 is 17.1 Å². The quantitative estimate of drug-likeness (QED) is 0.654. The number of benzene rings is 1. The second-order valence-corrected chi connectivity index (χ2v) is 6.01. The maximum atomic E-state index is 12.6. The van der Waals surface area contributed by atoms with E-state index in [1.807, 2.05) is 0 Å². The number of carbonyl (C=O) groups excluding carboxylic acids is 1. The number of rotatable bonds is 5. The predicted molar refractivity (Wildman–Crippen MR) is 84.0 cm³/mol. The molecule has 2 aromatic rings. The fourth-order valence-corrected chi connectivity index (χ4v) is 2.44. The Bertz CT molecular complexity index is 708. The van der Waals surface area contributed by atoms with Crippen LogP contribution in [-0.2, 0) is 11.0 Å². The third-order valence-corrected chi connectivity index (χ3v) is 3.91. The molecule has 0 bridgehead atoms. The smallest absolute Gasteiger partial charge is 0.433 e. The van der Waals surface area contributed by atoms with Gasteiger partial charge in [-0.1, -0.05) is 11.8 Å². The van der Waals surface area contributed by atoms with Gasteiger partial charge in [-0.15, -0.1) is 0 Å². The fourth-order valence-electron chi connectivity index (χ4n) is 1.69. The molecule has 1 amide bonds. The van der Waals surface area contributed by atoms with E-state index in [1.54, 1.807) is 31.2 Å². The minimum Gasteiger partial charge on any atom is -0.497 e. The second kappa shape index (κ2) is 7.52. The molecule has 5 nitrogen and oxygen atoms in total. The molecule has 1 aromatic carbocycles. The van der Waals surface area contributed by atoms with Crippen LogP contribution in [0.3, 0.4) is 0 Å². The Morgan fingerprint density at radius 2 is 1.92 bits per heavy atom. The number of halogens is 3. The van der Waals surface area contributed by atoms with Crippen LogP contribution in [0, 0.1) is 0 Å². The largest absolute Gasteiger partial charge is 0.497 e. The van der Waals surface area contributed by atoms with Gasteiger partial charge in [0.15, 0.2) is 5.16 Å². The lowest BCUT2D eigenvalue weighted by atomic mass is 10.3. The number of amides is 1. The number of nitrogens with zero attached hydrogens (tertiary/aromatic N) is 2. The Balaban J connectivity index is 2.00. The molecule has 1 N–H and O–H groups in total. The van der Waals surface area contributed by atoms with Crippen molar-refractivity contribution in [2.24, 2.45) is 0 Å². The first-order valence-electron chi connectivity index (χ1n) is 6.81. The molecular weight excluding hydrogens is 343 g/mol. The molecule has 9 heteroatoms. The molecule has 128 valence electrons. The average Bonchev–Trinajstić information content (AvgIpc) is 2.55. The normalized spacial score (nSPS) is 12.5. The van der Waals surface area contributed by atoms with Crippen molar-refractivity contribution in [3.05, 3.63) is 42.2 Å². The van der Waals surface area contributed by atoms with Gasteiger partial charge >= 0.3 is 6.18 Å². The summed E-state index contributed by atoms with van der Waals surface area (Å²) in [4.78, 5) is 19.3. The topological polar surface area (TPSA) is 64.1 Å². The Morgan fingerprint density at radius 1 is 1.25 bits per heavy atom. The number of ether oxygens (including phenoxy) is 1. The average molecular weight is 357 g/mol. The summed E-state index contributed by atoms with van der Waals surface area (Å²) in [5.41, 5.74) is -0.485. The maximum Gasteiger partial charge on any atom is 0.433 e. The minimum absolute atomic E-state index is 0.109. The summed E-state index contributed by atoms with van der Waals surface area (Å²) in [7, 11) is 1.53. The third kappa shape index (κ3) is 4.85. The zero-order valence-corrected chi connectivity index (χ0v) is 13.6. The van der Waals surface area contributed by atoms with Gasteiger partial charge in [0.25, 0.3) is 0 Å². The first-order valence-corrected chi connectivity index (χ1v) is 7.69. The van der Waals surface area contributed by atoms with Gasteiger partial charge in [-0.25, -0.2) is 9.97 Å². The molecule has 0 aliphatic rings. The lowest BCUT2D eigenvalue weighted by Crippen LogP contribution is -2.22. The van der Waals surface area contributed by atoms with Crippen molar-refractivity contribution in [2.45, 2.75) is 23.5 Å². The summed E-state index contributed by atoms with van der Waals surface area (Å²) in [5, 5.41) is 1.89. The molecule has 2 rings (SSSR count). The standard InChI is InChI=1S/C15H14F3N3O2S/c1-9(13(22)20-10-3-5-11(23-2)6-4-10)24-14-19-8-7-12(21-14)15(16,17)18/h3-9H,1-2H3,(H,20,22). The molecule has 1 atom stereocenters. The molecule has 0 saturated heterocycles. The van der Waals surface area contributed by atoms with E-state index in [0.717, 1.165) is 24.0 Å². The number of nitrogens with one attached hydrogen (secondary N) is 1. The van der Waals surface area contributed by atoms with Crippen molar-refractivity contribution in [2.75, 3.05) is 12.4 Å². The number of thioether (sulfide) groups is 1. The van der Waals surface area contributed by atoms with Crippen LogP contribution in [0.1, 0.15) is 12.6 Å². The number of methoxy groups -OCH3 is 1. The molecule has 1 heterocycles. The van der Waals surface area contributed by atoms with Gasteiger partial charge in [0.1, 0.15) is 11.4 Å². The van der Waals surface area contributed by atoms with Crippen molar-refractivity contribution in [3.8, 4) is 5.75 Å². The van der Waals surface area contributed by atoms with Crippen LogP contribution in [0.2, 0.25) is 0 Å². The zero-order valence-electron chi connectivity index (χ0n) is 12.8. The number of carbonyl (C=O) groups is 1. The lowest BCUT2D eigenvalue weighted by molar-refractivity contribution is -0.141. The van der Waals surface area contributed by atoms with E-state index in [0.29, 0.717) is 11.4 Å². The van der Waals surface area contributed by atoms with E-state index in [-0.39, 0.29) is 11.1 Å². The Kier molecular flexibility index (Phi) is 5.66. The number of aromatic nitrogens is 2. The van der Waals surface area contributed by atoms with Gasteiger partial charge in [0, 0.05) is 11.9 Å². The summed E-state index contributed by atoms with van der Waals surface area (Å²) in [6, 6.07) is 7.47. The molecule has 0 saturated carbocycles. The van der Waals surface area contributed by atoms with Crippen LogP contribution >= 0.6 is 11.8 Å². The van der Waals surface area contributed by atoms with Crippen LogP contribution in [0.25, 0.3) is 0 Å². The lowest BCUT2D eigenvalue weighted by Gasteiger charge is -2.12. The zero-order chi connectivity index (χ0) is 17.7. The summed E-state index contributed by atoms with van der Waals surface area (Å²) >= 11 is 0.850. The molecule has 0 aliphatic heterocycles. The molecule has 0 radical (unpaired) electrons. The van der Waals surface area contributed by atoms with E-state index in [1.165, 1.54) is 7.11 Å². The number of anilines is 1. The van der Waals surface area contributed by atoms with E-state index in [4.69, 9.17) is 4.74 Å². The minimum atomic E-state index is -4.55. The SMILES string of the molecule is COc1ccc(NC(=O)C(C)Sc2nccc(C(F)(F)F)n2)cc1. The molecular formula is C15H14F3N3O2S. The van der Waals surface area contributed by atoms with Gasteiger partial charge in [-0.2, -0.15) is 13.2 Å². The van der Waals surface area contributed by atoms with Crippen molar-refractivity contribution >= 4 is 23.4 Å². The summed E-state index contributed by atoms with van der Waals surface area (Å²) in [5.74, 6) is 0.277. The number of hydrogen-bond donors (Lipinski definition) is 1. The van der Waals surface area contributed by atoms with E-state index in [2.05, 4.69) is 15.3 Å². The van der Waals surface area contributed by atoms with Crippen molar-refractivity contribution in [3.63, 3.8) is 0 Å². The van der Waals surface area contributed by atoms with Gasteiger partial charge < -0.3 is 10.1 Å². The van der Waals surface area contributed by atoms with E-state index in [9.17, 15) is 18.0 Å². The molecule has 1 aromatic heterocycles. The Labute approximate surface area is 140 Å². The number of hydrogen-bond acceptors (Lipinski definition) is 5. The highest BCUT2D eigenvalue weighted by Crippen LogP contribution is 2.29. The number of alkyl halides is 3. The van der Waals surface area contributed by atoms with Crippen molar-refractivity contribution < 1.29 is 22.7 Å². The second-order valence-electron chi connectivity index (χ2n) is 4.70. The first kappa shape index (κ1) is 18.1. The fraction of sp³-hybridized carbons (Fsp3) is 0.267. The van der Waals surface area contributed by atoms with Crippen LogP contribution in [0.15, 0.2) is 41.7 Å². The van der Waals surface area contributed by atoms with Crippen LogP contribution < -0.4 is 10.1 Å². The highest BCUT2D eigenvalue weighted by Gasteiger charge is 2.33. The maximum absolute atomic E-state index is 12.6. The predicted octanol–water partition coefficient (Wildman–Crippen LogP) is 3.62. The van der Waals surface area contributed by atoms with Gasteiger partial charge in [0.05, 0.1) is 12.4 Å². The Morgan fingerprint density at radius 3 is 2.50 bits per heavy atom. The summed E-state index contributed by atoms with van der Waals surface area (Å²) in [6.45, 7) is 1.56. The van der Waals surface area contributed by atoms with Crippen LogP contribution in [-0.4, -0.2) is 28.2 Å². The third-order valence-electron chi connectivity index (χ3n) is 2.93. The highest BCUT2D eigenvalue weighted by molar-refractivity contribution is 8.00. The van der Waals surface area contributed by atoms with Crippen molar-refractivity contribution in [1.82, 2.24) is 9.97 Å². The van der Waals surface area contributed by atoms with E-state index >= 15 is 0 Å². The van der Waals surface area contributed by atoms with Crippen LogP contribution in [0.5, 0.6) is 5.75 Å². The summed E-state index contributed by atoms with van der Waals surface area (Å²) < 4.78 is 42.9. The molecule has 24 heavy (non-hydrogen) atoms. The highest BCUT2D eigenvalue weighted by atomic mass is 32.2. The Hall–Kier alpha value is -2.29. The molecule has 0 aliphatic carbocycles. The molecule has 0 fully saturated rings. The monoisotopic (exact) mass is 357 g/mol.